The molecule has 0 bridgehead atoms. The molecule has 2 aromatic rings. The first-order valence-corrected chi connectivity index (χ1v) is 6.81. The lowest BCUT2D eigenvalue weighted by atomic mass is 10.1. The van der Waals surface area contributed by atoms with E-state index in [9.17, 15) is 0 Å². The molecule has 1 aromatic heterocycles. The van der Waals surface area contributed by atoms with Crippen LogP contribution in [0.25, 0.3) is 10.6 Å². The van der Waals surface area contributed by atoms with Gasteiger partial charge in [-0.15, -0.1) is 11.3 Å². The van der Waals surface area contributed by atoms with Gasteiger partial charge in [0.25, 0.3) is 0 Å². The van der Waals surface area contributed by atoms with E-state index < -0.39 is 0 Å². The average Bonchev–Trinajstić information content (AvgIpc) is 2.78. The third kappa shape index (κ3) is 2.93. The molecule has 0 fully saturated rings. The highest BCUT2D eigenvalue weighted by Crippen LogP contribution is 2.28. The largest absolute Gasteiger partial charge is 0.330 e. The Hall–Kier alpha value is -1.19. The lowest BCUT2D eigenvalue weighted by Crippen LogP contribution is -2.04. The van der Waals surface area contributed by atoms with Gasteiger partial charge < -0.3 is 5.73 Å². The van der Waals surface area contributed by atoms with Gasteiger partial charge in [-0.3, -0.25) is 0 Å². The van der Waals surface area contributed by atoms with Crippen LogP contribution in [-0.2, 0) is 0 Å². The third-order valence-electron chi connectivity index (χ3n) is 2.89. The summed E-state index contributed by atoms with van der Waals surface area (Å²) in [4.78, 5) is 4.70. The number of hydrogen-bond donors (Lipinski definition) is 1. The van der Waals surface area contributed by atoms with Crippen molar-refractivity contribution in [3.63, 3.8) is 0 Å². The summed E-state index contributed by atoms with van der Waals surface area (Å²) in [6.07, 6.45) is 0.997. The molecule has 17 heavy (non-hydrogen) atoms. The molecule has 1 atom stereocenters. The van der Waals surface area contributed by atoms with Crippen molar-refractivity contribution in [2.24, 2.45) is 5.73 Å². The van der Waals surface area contributed by atoms with Crippen LogP contribution >= 0.6 is 11.3 Å². The van der Waals surface area contributed by atoms with Gasteiger partial charge in [0.15, 0.2) is 0 Å². The molecule has 0 spiro atoms. The summed E-state index contributed by atoms with van der Waals surface area (Å²) >= 11 is 1.71. The van der Waals surface area contributed by atoms with Crippen molar-refractivity contribution in [3.8, 4) is 10.6 Å². The SMILES string of the molecule is Cc1cccc(-c2nc(C(C)CCN)cs2)c1. The van der Waals surface area contributed by atoms with Gasteiger partial charge >= 0.3 is 0 Å². The second kappa shape index (κ2) is 5.43. The van der Waals surface area contributed by atoms with Crippen molar-refractivity contribution < 1.29 is 0 Å². The fraction of sp³-hybridized carbons (Fsp3) is 0.357. The van der Waals surface area contributed by atoms with Gasteiger partial charge in [-0.05, 0) is 26.0 Å². The number of benzene rings is 1. The zero-order chi connectivity index (χ0) is 12.3. The Morgan fingerprint density at radius 2 is 2.24 bits per heavy atom. The molecule has 2 nitrogen and oxygen atoms in total. The van der Waals surface area contributed by atoms with Gasteiger partial charge in [0.05, 0.1) is 5.69 Å². The second-order valence-corrected chi connectivity index (χ2v) is 5.28. The van der Waals surface area contributed by atoms with E-state index in [2.05, 4.69) is 43.5 Å². The molecule has 1 heterocycles. The number of aryl methyl sites for hydroxylation is 1. The summed E-state index contributed by atoms with van der Waals surface area (Å²) in [7, 11) is 0. The zero-order valence-corrected chi connectivity index (χ0v) is 11.1. The Morgan fingerprint density at radius 1 is 1.41 bits per heavy atom. The predicted octanol–water partition coefficient (Wildman–Crippen LogP) is 3.57. The smallest absolute Gasteiger partial charge is 0.123 e. The number of nitrogens with two attached hydrogens (primary N) is 1. The first-order valence-electron chi connectivity index (χ1n) is 5.93. The average molecular weight is 246 g/mol. The van der Waals surface area contributed by atoms with E-state index in [1.807, 2.05) is 0 Å². The van der Waals surface area contributed by atoms with E-state index in [0.717, 1.165) is 23.7 Å². The minimum atomic E-state index is 0.454. The molecular weight excluding hydrogens is 228 g/mol. The lowest BCUT2D eigenvalue weighted by Gasteiger charge is -2.05. The molecule has 0 radical (unpaired) electrons. The summed E-state index contributed by atoms with van der Waals surface area (Å²) < 4.78 is 0. The molecule has 90 valence electrons. The van der Waals surface area contributed by atoms with Crippen LogP contribution in [0.4, 0.5) is 0 Å². The molecule has 0 aliphatic heterocycles. The van der Waals surface area contributed by atoms with Gasteiger partial charge in [0.2, 0.25) is 0 Å². The molecule has 3 heteroatoms. The summed E-state index contributed by atoms with van der Waals surface area (Å²) in [5, 5.41) is 3.26. The Labute approximate surface area is 107 Å². The van der Waals surface area contributed by atoms with E-state index in [4.69, 9.17) is 10.7 Å². The first kappa shape index (κ1) is 12.3. The zero-order valence-electron chi connectivity index (χ0n) is 10.3. The van der Waals surface area contributed by atoms with Crippen LogP contribution < -0.4 is 5.73 Å². The monoisotopic (exact) mass is 246 g/mol. The highest BCUT2D eigenvalue weighted by molar-refractivity contribution is 7.13. The van der Waals surface area contributed by atoms with Crippen molar-refractivity contribution in [2.45, 2.75) is 26.2 Å². The minimum Gasteiger partial charge on any atom is -0.330 e. The topological polar surface area (TPSA) is 38.9 Å². The summed E-state index contributed by atoms with van der Waals surface area (Å²) in [5.41, 5.74) is 9.23. The molecule has 2 N–H and O–H groups in total. The fourth-order valence-corrected chi connectivity index (χ4v) is 2.76. The Kier molecular flexibility index (Phi) is 3.92. The van der Waals surface area contributed by atoms with Crippen LogP contribution in [0, 0.1) is 6.92 Å². The van der Waals surface area contributed by atoms with E-state index in [0.29, 0.717) is 5.92 Å². The van der Waals surface area contributed by atoms with Crippen LogP contribution in [0.1, 0.15) is 30.5 Å². The van der Waals surface area contributed by atoms with Gasteiger partial charge in [-0.25, -0.2) is 4.98 Å². The van der Waals surface area contributed by atoms with E-state index in [-0.39, 0.29) is 0 Å². The summed E-state index contributed by atoms with van der Waals surface area (Å²) in [6, 6.07) is 8.48. The standard InChI is InChI=1S/C14H18N2S/c1-10-4-3-5-12(8-10)14-16-13(9-17-14)11(2)6-7-15/h3-5,8-9,11H,6-7,15H2,1-2H3. The van der Waals surface area contributed by atoms with Crippen LogP contribution in [-0.4, -0.2) is 11.5 Å². The van der Waals surface area contributed by atoms with E-state index in [1.54, 1.807) is 11.3 Å². The number of hydrogen-bond acceptors (Lipinski definition) is 3. The molecule has 1 aromatic carbocycles. The lowest BCUT2D eigenvalue weighted by molar-refractivity contribution is 0.675. The number of aromatic nitrogens is 1. The normalized spacial score (nSPS) is 12.6. The number of rotatable bonds is 4. The first-order chi connectivity index (χ1) is 8.20. The predicted molar refractivity (Wildman–Crippen MR) is 74.4 cm³/mol. The van der Waals surface area contributed by atoms with E-state index in [1.165, 1.54) is 11.1 Å². The van der Waals surface area contributed by atoms with Crippen molar-refractivity contribution in [3.05, 3.63) is 40.9 Å². The molecule has 0 aliphatic carbocycles. The minimum absolute atomic E-state index is 0.454. The quantitative estimate of drug-likeness (QED) is 0.895. The maximum Gasteiger partial charge on any atom is 0.123 e. The Morgan fingerprint density at radius 3 is 2.94 bits per heavy atom. The van der Waals surface area contributed by atoms with Gasteiger partial charge in [-0.2, -0.15) is 0 Å². The number of thiazole rings is 1. The van der Waals surface area contributed by atoms with Crippen molar-refractivity contribution in [1.29, 1.82) is 0 Å². The highest BCUT2D eigenvalue weighted by Gasteiger charge is 2.10. The highest BCUT2D eigenvalue weighted by atomic mass is 32.1. The van der Waals surface area contributed by atoms with Gasteiger partial charge in [0.1, 0.15) is 5.01 Å². The molecule has 0 saturated carbocycles. The van der Waals surface area contributed by atoms with Gasteiger partial charge in [-0.1, -0.05) is 30.7 Å². The maximum atomic E-state index is 5.58. The number of nitrogens with zero attached hydrogens (tertiary/aromatic N) is 1. The van der Waals surface area contributed by atoms with Crippen LogP contribution in [0.3, 0.4) is 0 Å². The fourth-order valence-electron chi connectivity index (χ4n) is 1.82. The molecular formula is C14H18N2S. The van der Waals surface area contributed by atoms with Crippen molar-refractivity contribution >= 4 is 11.3 Å². The van der Waals surface area contributed by atoms with Gasteiger partial charge in [0, 0.05) is 16.9 Å². The van der Waals surface area contributed by atoms with Crippen LogP contribution in [0.2, 0.25) is 0 Å². The third-order valence-corrected chi connectivity index (χ3v) is 3.80. The van der Waals surface area contributed by atoms with Crippen LogP contribution in [0.5, 0.6) is 0 Å². The molecule has 0 aliphatic rings. The molecule has 1 unspecified atom stereocenters. The van der Waals surface area contributed by atoms with E-state index >= 15 is 0 Å². The summed E-state index contributed by atoms with van der Waals surface area (Å²) in [6.45, 7) is 5.01. The van der Waals surface area contributed by atoms with Crippen molar-refractivity contribution in [2.75, 3.05) is 6.54 Å². The Bertz CT molecular complexity index is 490. The molecule has 0 amide bonds. The molecule has 0 saturated heterocycles. The summed E-state index contributed by atoms with van der Waals surface area (Å²) in [5.74, 6) is 0.454. The van der Waals surface area contributed by atoms with Crippen LogP contribution in [0.15, 0.2) is 29.6 Å². The molecule has 2 rings (SSSR count). The Balaban J connectivity index is 2.23. The second-order valence-electron chi connectivity index (χ2n) is 4.43. The van der Waals surface area contributed by atoms with Crippen molar-refractivity contribution in [1.82, 2.24) is 4.98 Å². The maximum absolute atomic E-state index is 5.58.